The zero-order chi connectivity index (χ0) is 19.1. The molecule has 0 aromatic heterocycles. The van der Waals surface area contributed by atoms with Crippen molar-refractivity contribution in [1.29, 1.82) is 0 Å². The van der Waals surface area contributed by atoms with Gasteiger partial charge < -0.3 is 19.7 Å². The monoisotopic (exact) mass is 486 g/mol. The molecule has 0 aliphatic heterocycles. The summed E-state index contributed by atoms with van der Waals surface area (Å²) in [6.07, 6.45) is -0.272. The van der Waals surface area contributed by atoms with E-state index in [1.807, 2.05) is 6.07 Å². The molecule has 2 rings (SSSR count). The Morgan fingerprint density at radius 3 is 2.35 bits per heavy atom. The van der Waals surface area contributed by atoms with Crippen LogP contribution in [0.5, 0.6) is 11.5 Å². The summed E-state index contributed by atoms with van der Waals surface area (Å²) in [5.74, 6) is -1.11. The number of hydrogen-bond donors (Lipinski definition) is 2. The number of carboxylic acid groups (broad SMARTS) is 2. The van der Waals surface area contributed by atoms with Gasteiger partial charge in [0.05, 0.1) is 21.1 Å². The van der Waals surface area contributed by atoms with E-state index >= 15 is 0 Å². The molecule has 1 atom stereocenters. The number of carboxylic acids is 2. The first-order valence-corrected chi connectivity index (χ1v) is 9.26. The maximum Gasteiger partial charge on any atom is 0.344 e. The summed E-state index contributed by atoms with van der Waals surface area (Å²) in [6.45, 7) is 0.272. The molecule has 0 spiro atoms. The molecule has 0 aliphatic rings. The average Bonchev–Trinajstić information content (AvgIpc) is 2.59. The highest BCUT2D eigenvalue weighted by molar-refractivity contribution is 9.10. The predicted octanol–water partition coefficient (Wildman–Crippen LogP) is 4.60. The number of hydrogen-bond acceptors (Lipinski definition) is 4. The van der Waals surface area contributed by atoms with Crippen LogP contribution >= 0.6 is 31.9 Å². The highest BCUT2D eigenvalue weighted by Gasteiger charge is 2.20. The van der Waals surface area contributed by atoms with Crippen molar-refractivity contribution >= 4 is 43.8 Å². The third kappa shape index (κ3) is 5.74. The van der Waals surface area contributed by atoms with Crippen LogP contribution in [0.4, 0.5) is 0 Å². The molecule has 1 unspecified atom stereocenters. The summed E-state index contributed by atoms with van der Waals surface area (Å²) in [4.78, 5) is 22.3. The minimum Gasteiger partial charge on any atom is -0.492 e. The van der Waals surface area contributed by atoms with E-state index in [4.69, 9.17) is 14.6 Å². The second kappa shape index (κ2) is 9.59. The third-order valence-corrected chi connectivity index (χ3v) is 4.70. The van der Waals surface area contributed by atoms with Gasteiger partial charge in [-0.05, 0) is 75.0 Å². The van der Waals surface area contributed by atoms with Crippen LogP contribution in [-0.2, 0) is 4.79 Å². The highest BCUT2D eigenvalue weighted by Crippen LogP contribution is 2.27. The van der Waals surface area contributed by atoms with Crippen LogP contribution < -0.4 is 9.47 Å². The molecule has 0 heterocycles. The molecule has 0 bridgehead atoms. The molecule has 0 saturated heterocycles. The van der Waals surface area contributed by atoms with Crippen LogP contribution in [-0.4, -0.2) is 34.9 Å². The van der Waals surface area contributed by atoms with Crippen molar-refractivity contribution in [3.05, 3.63) is 57.0 Å². The molecule has 26 heavy (non-hydrogen) atoms. The Hall–Kier alpha value is -2.06. The van der Waals surface area contributed by atoms with Crippen LogP contribution in [0.2, 0.25) is 0 Å². The topological polar surface area (TPSA) is 93.1 Å². The molecular weight excluding hydrogens is 472 g/mol. The number of carbonyl (C=O) groups is 2. The van der Waals surface area contributed by atoms with Crippen molar-refractivity contribution in [1.82, 2.24) is 0 Å². The number of para-hydroxylation sites is 1. The number of aromatic carboxylic acids is 1. The van der Waals surface area contributed by atoms with Crippen molar-refractivity contribution in [2.45, 2.75) is 18.9 Å². The Kier molecular flexibility index (Phi) is 7.47. The molecule has 0 amide bonds. The van der Waals surface area contributed by atoms with Crippen LogP contribution in [0.1, 0.15) is 23.2 Å². The van der Waals surface area contributed by atoms with Crippen LogP contribution in [0, 0.1) is 0 Å². The fraction of sp³-hybridized carbons (Fsp3) is 0.222. The molecular formula is C18H16Br2O6. The molecule has 0 fully saturated rings. The Bertz CT molecular complexity index is 793. The van der Waals surface area contributed by atoms with Gasteiger partial charge in [-0.1, -0.05) is 12.1 Å². The lowest BCUT2D eigenvalue weighted by Gasteiger charge is -2.16. The minimum atomic E-state index is -1.05. The fourth-order valence-corrected chi connectivity index (χ4v) is 3.00. The smallest absolute Gasteiger partial charge is 0.344 e. The number of rotatable bonds is 9. The second-order valence-corrected chi connectivity index (χ2v) is 7.02. The van der Waals surface area contributed by atoms with E-state index in [0.29, 0.717) is 26.9 Å². The lowest BCUT2D eigenvalue weighted by atomic mass is 10.2. The van der Waals surface area contributed by atoms with Gasteiger partial charge in [-0.15, -0.1) is 0 Å². The van der Waals surface area contributed by atoms with E-state index in [0.717, 1.165) is 0 Å². The first-order chi connectivity index (χ1) is 12.4. The third-order valence-electron chi connectivity index (χ3n) is 3.43. The summed E-state index contributed by atoms with van der Waals surface area (Å²) in [7, 11) is 0. The van der Waals surface area contributed by atoms with E-state index in [1.165, 1.54) is 12.1 Å². The molecule has 2 aromatic rings. The summed E-state index contributed by atoms with van der Waals surface area (Å²) >= 11 is 6.58. The van der Waals surface area contributed by atoms with E-state index < -0.39 is 18.0 Å². The van der Waals surface area contributed by atoms with E-state index in [2.05, 4.69) is 31.9 Å². The minimum absolute atomic E-state index is 0.150. The molecule has 0 aliphatic carbocycles. The van der Waals surface area contributed by atoms with Gasteiger partial charge in [-0.25, -0.2) is 9.59 Å². The predicted molar refractivity (Wildman–Crippen MR) is 102 cm³/mol. The maximum atomic E-state index is 11.4. The number of ether oxygens (including phenoxy) is 2. The number of benzene rings is 2. The van der Waals surface area contributed by atoms with Gasteiger partial charge in [0, 0.05) is 0 Å². The Morgan fingerprint density at radius 2 is 1.73 bits per heavy atom. The van der Waals surface area contributed by atoms with Gasteiger partial charge in [-0.2, -0.15) is 0 Å². The van der Waals surface area contributed by atoms with Gasteiger partial charge in [0.1, 0.15) is 11.5 Å². The second-order valence-electron chi connectivity index (χ2n) is 5.32. The molecule has 2 N–H and O–H groups in total. The van der Waals surface area contributed by atoms with Crippen molar-refractivity contribution in [3.8, 4) is 11.5 Å². The first kappa shape index (κ1) is 20.3. The maximum absolute atomic E-state index is 11.4. The highest BCUT2D eigenvalue weighted by atomic mass is 79.9. The van der Waals surface area contributed by atoms with Gasteiger partial charge >= 0.3 is 11.9 Å². The molecule has 6 nitrogen and oxygen atoms in total. The Balaban J connectivity index is 1.88. The number of halogens is 2. The van der Waals surface area contributed by atoms with Crippen molar-refractivity contribution in [2.75, 3.05) is 6.61 Å². The zero-order valence-corrected chi connectivity index (χ0v) is 16.7. The zero-order valence-electron chi connectivity index (χ0n) is 13.5. The molecule has 138 valence electrons. The average molecular weight is 488 g/mol. The Morgan fingerprint density at radius 1 is 1.00 bits per heavy atom. The van der Waals surface area contributed by atoms with E-state index in [1.54, 1.807) is 24.3 Å². The van der Waals surface area contributed by atoms with Gasteiger partial charge in [0.15, 0.2) is 6.10 Å². The largest absolute Gasteiger partial charge is 0.492 e. The quantitative estimate of drug-likeness (QED) is 0.502. The van der Waals surface area contributed by atoms with Crippen LogP contribution in [0.3, 0.4) is 0 Å². The van der Waals surface area contributed by atoms with Crippen molar-refractivity contribution in [2.24, 2.45) is 0 Å². The SMILES string of the molecule is O=C(O)c1ccc(OCCCC(Oc2ccccc2Br)C(=O)O)c(Br)c1. The molecule has 8 heteroatoms. The van der Waals surface area contributed by atoms with Crippen molar-refractivity contribution in [3.63, 3.8) is 0 Å². The summed E-state index contributed by atoms with van der Waals surface area (Å²) < 4.78 is 12.3. The van der Waals surface area contributed by atoms with Crippen LogP contribution in [0.15, 0.2) is 51.4 Å². The molecule has 0 saturated carbocycles. The van der Waals surface area contributed by atoms with Crippen molar-refractivity contribution < 1.29 is 29.3 Å². The van der Waals surface area contributed by atoms with Gasteiger partial charge in [0.2, 0.25) is 0 Å². The normalized spacial score (nSPS) is 11.6. The Labute approximate surface area is 167 Å². The standard InChI is InChI=1S/C18H16Br2O6/c19-12-4-1-2-5-15(12)26-16(18(23)24)6-3-9-25-14-8-7-11(17(21)22)10-13(14)20/h1-2,4-5,7-8,10,16H,3,6,9H2,(H,21,22)(H,23,24). The summed E-state index contributed by atoms with van der Waals surface area (Å²) in [6, 6.07) is 11.5. The molecule has 0 radical (unpaired) electrons. The lowest BCUT2D eigenvalue weighted by Crippen LogP contribution is -2.27. The van der Waals surface area contributed by atoms with E-state index in [-0.39, 0.29) is 18.6 Å². The fourth-order valence-electron chi connectivity index (χ4n) is 2.13. The summed E-state index contributed by atoms with van der Waals surface area (Å²) in [5, 5.41) is 18.3. The first-order valence-electron chi connectivity index (χ1n) is 7.68. The summed E-state index contributed by atoms with van der Waals surface area (Å²) in [5.41, 5.74) is 0.150. The molecule has 2 aromatic carbocycles. The lowest BCUT2D eigenvalue weighted by molar-refractivity contribution is -0.145. The van der Waals surface area contributed by atoms with Gasteiger partial charge in [-0.3, -0.25) is 0 Å². The van der Waals surface area contributed by atoms with Gasteiger partial charge in [0.25, 0.3) is 0 Å². The van der Waals surface area contributed by atoms with E-state index in [9.17, 15) is 14.7 Å². The van der Waals surface area contributed by atoms with Crippen LogP contribution in [0.25, 0.3) is 0 Å². The number of aliphatic carboxylic acids is 1.